The first-order valence-electron chi connectivity index (χ1n) is 6.90. The summed E-state index contributed by atoms with van der Waals surface area (Å²) in [5.74, 6) is 0.238. The molecule has 0 heterocycles. The van der Waals surface area contributed by atoms with Gasteiger partial charge in [0.25, 0.3) is 0 Å². The molecule has 2 aromatic carbocycles. The number of benzene rings is 2. The number of hydrogen-bond donors (Lipinski definition) is 1. The van der Waals surface area contributed by atoms with E-state index >= 15 is 0 Å². The summed E-state index contributed by atoms with van der Waals surface area (Å²) in [7, 11) is 0. The molecule has 0 bridgehead atoms. The SMILES string of the molecule is CCOc1cccc(-c2ccccc2C(=O)O)c1OCC. The van der Waals surface area contributed by atoms with Gasteiger partial charge in [0.2, 0.25) is 0 Å². The van der Waals surface area contributed by atoms with E-state index in [0.717, 1.165) is 5.56 Å². The molecule has 0 saturated heterocycles. The van der Waals surface area contributed by atoms with E-state index in [-0.39, 0.29) is 5.56 Å². The van der Waals surface area contributed by atoms with Crippen molar-refractivity contribution in [1.29, 1.82) is 0 Å². The predicted octanol–water partition coefficient (Wildman–Crippen LogP) is 3.85. The second-order valence-corrected chi connectivity index (χ2v) is 4.35. The Kier molecular flexibility index (Phi) is 4.82. The first kappa shape index (κ1) is 14.9. The van der Waals surface area contributed by atoms with Crippen molar-refractivity contribution in [3.05, 3.63) is 48.0 Å². The number of carbonyl (C=O) groups is 1. The Bertz CT molecular complexity index is 634. The lowest BCUT2D eigenvalue weighted by Gasteiger charge is -2.16. The topological polar surface area (TPSA) is 55.8 Å². The number of carboxylic acid groups (broad SMARTS) is 1. The number of para-hydroxylation sites is 1. The van der Waals surface area contributed by atoms with Crippen molar-refractivity contribution < 1.29 is 19.4 Å². The highest BCUT2D eigenvalue weighted by atomic mass is 16.5. The van der Waals surface area contributed by atoms with Gasteiger partial charge in [-0.2, -0.15) is 0 Å². The zero-order chi connectivity index (χ0) is 15.2. The maximum atomic E-state index is 11.4. The molecule has 21 heavy (non-hydrogen) atoms. The van der Waals surface area contributed by atoms with Crippen molar-refractivity contribution in [2.75, 3.05) is 13.2 Å². The molecule has 0 aromatic heterocycles. The van der Waals surface area contributed by atoms with Crippen molar-refractivity contribution in [2.45, 2.75) is 13.8 Å². The molecule has 2 rings (SSSR count). The first-order chi connectivity index (χ1) is 10.2. The molecule has 110 valence electrons. The molecular weight excluding hydrogens is 268 g/mol. The average molecular weight is 286 g/mol. The van der Waals surface area contributed by atoms with Crippen LogP contribution in [-0.4, -0.2) is 24.3 Å². The second kappa shape index (κ2) is 6.79. The summed E-state index contributed by atoms with van der Waals surface area (Å²) in [6.45, 7) is 4.78. The Hall–Kier alpha value is -2.49. The molecule has 0 fully saturated rings. The Morgan fingerprint density at radius 3 is 2.29 bits per heavy atom. The fourth-order valence-electron chi connectivity index (χ4n) is 2.19. The van der Waals surface area contributed by atoms with Gasteiger partial charge < -0.3 is 14.6 Å². The van der Waals surface area contributed by atoms with E-state index in [9.17, 15) is 9.90 Å². The average Bonchev–Trinajstić information content (AvgIpc) is 2.49. The quantitative estimate of drug-likeness (QED) is 0.876. The Morgan fingerprint density at radius 1 is 0.952 bits per heavy atom. The lowest BCUT2D eigenvalue weighted by atomic mass is 9.98. The smallest absolute Gasteiger partial charge is 0.336 e. The molecule has 0 radical (unpaired) electrons. The van der Waals surface area contributed by atoms with Gasteiger partial charge in [-0.3, -0.25) is 0 Å². The summed E-state index contributed by atoms with van der Waals surface area (Å²) in [5.41, 5.74) is 1.59. The van der Waals surface area contributed by atoms with E-state index < -0.39 is 5.97 Å². The number of ether oxygens (including phenoxy) is 2. The molecule has 0 aliphatic heterocycles. The largest absolute Gasteiger partial charge is 0.490 e. The van der Waals surface area contributed by atoms with E-state index in [1.165, 1.54) is 0 Å². The lowest BCUT2D eigenvalue weighted by Crippen LogP contribution is -2.03. The molecule has 0 amide bonds. The van der Waals surface area contributed by atoms with Crippen LogP contribution in [0.1, 0.15) is 24.2 Å². The molecule has 4 nitrogen and oxygen atoms in total. The van der Waals surface area contributed by atoms with Crippen molar-refractivity contribution in [3.63, 3.8) is 0 Å². The van der Waals surface area contributed by atoms with Gasteiger partial charge in [0.05, 0.1) is 18.8 Å². The fraction of sp³-hybridized carbons (Fsp3) is 0.235. The van der Waals surface area contributed by atoms with Crippen LogP contribution in [0.4, 0.5) is 0 Å². The van der Waals surface area contributed by atoms with Crippen LogP contribution >= 0.6 is 0 Å². The monoisotopic (exact) mass is 286 g/mol. The zero-order valence-corrected chi connectivity index (χ0v) is 12.1. The summed E-state index contributed by atoms with van der Waals surface area (Å²) in [6.07, 6.45) is 0. The van der Waals surface area contributed by atoms with E-state index in [4.69, 9.17) is 9.47 Å². The zero-order valence-electron chi connectivity index (χ0n) is 12.1. The molecule has 0 unspecified atom stereocenters. The summed E-state index contributed by atoms with van der Waals surface area (Å²) >= 11 is 0. The third kappa shape index (κ3) is 3.16. The van der Waals surface area contributed by atoms with Crippen molar-refractivity contribution in [2.24, 2.45) is 0 Å². The molecule has 0 atom stereocenters. The van der Waals surface area contributed by atoms with Crippen LogP contribution in [0.5, 0.6) is 11.5 Å². The Balaban J connectivity index is 2.63. The minimum absolute atomic E-state index is 0.243. The van der Waals surface area contributed by atoms with Gasteiger partial charge in [-0.05, 0) is 26.0 Å². The van der Waals surface area contributed by atoms with Crippen LogP contribution < -0.4 is 9.47 Å². The van der Waals surface area contributed by atoms with Gasteiger partial charge in [0, 0.05) is 11.1 Å². The van der Waals surface area contributed by atoms with Gasteiger partial charge in [-0.15, -0.1) is 0 Å². The van der Waals surface area contributed by atoms with Crippen LogP contribution in [0.15, 0.2) is 42.5 Å². The van der Waals surface area contributed by atoms with Crippen molar-refractivity contribution >= 4 is 5.97 Å². The van der Waals surface area contributed by atoms with Crippen LogP contribution in [-0.2, 0) is 0 Å². The molecule has 1 N–H and O–H groups in total. The van der Waals surface area contributed by atoms with Crippen molar-refractivity contribution in [1.82, 2.24) is 0 Å². The Labute approximate surface area is 123 Å². The minimum atomic E-state index is -0.963. The molecule has 2 aromatic rings. The molecule has 4 heteroatoms. The maximum absolute atomic E-state index is 11.4. The molecule has 0 spiro atoms. The highest BCUT2D eigenvalue weighted by Crippen LogP contribution is 2.39. The fourth-order valence-corrected chi connectivity index (χ4v) is 2.19. The molecule has 0 aliphatic rings. The summed E-state index contributed by atoms with van der Waals surface area (Å²) < 4.78 is 11.3. The van der Waals surface area contributed by atoms with Gasteiger partial charge in [-0.25, -0.2) is 4.79 Å². The number of aromatic carboxylic acids is 1. The van der Waals surface area contributed by atoms with E-state index in [1.807, 2.05) is 38.1 Å². The third-order valence-corrected chi connectivity index (χ3v) is 3.02. The second-order valence-electron chi connectivity index (χ2n) is 4.35. The van der Waals surface area contributed by atoms with Gasteiger partial charge in [0.1, 0.15) is 0 Å². The first-order valence-corrected chi connectivity index (χ1v) is 6.90. The van der Waals surface area contributed by atoms with Crippen LogP contribution in [0.3, 0.4) is 0 Å². The van der Waals surface area contributed by atoms with Gasteiger partial charge in [-0.1, -0.05) is 30.3 Å². The number of carboxylic acids is 1. The van der Waals surface area contributed by atoms with E-state index in [1.54, 1.807) is 18.2 Å². The van der Waals surface area contributed by atoms with E-state index in [0.29, 0.717) is 30.3 Å². The lowest BCUT2D eigenvalue weighted by molar-refractivity contribution is 0.0697. The van der Waals surface area contributed by atoms with Crippen molar-refractivity contribution in [3.8, 4) is 22.6 Å². The number of hydrogen-bond acceptors (Lipinski definition) is 3. The third-order valence-electron chi connectivity index (χ3n) is 3.02. The predicted molar refractivity (Wildman–Crippen MR) is 81.2 cm³/mol. The molecule has 0 saturated carbocycles. The van der Waals surface area contributed by atoms with Crippen LogP contribution in [0, 0.1) is 0 Å². The molecular formula is C17H18O4. The standard InChI is InChI=1S/C17H18O4/c1-3-20-15-11-7-10-13(16(15)21-4-2)12-8-5-6-9-14(12)17(18)19/h5-11H,3-4H2,1-2H3,(H,18,19). The summed E-state index contributed by atoms with van der Waals surface area (Å²) in [4.78, 5) is 11.4. The Morgan fingerprint density at radius 2 is 1.62 bits per heavy atom. The highest BCUT2D eigenvalue weighted by molar-refractivity contribution is 5.97. The maximum Gasteiger partial charge on any atom is 0.336 e. The normalized spacial score (nSPS) is 10.2. The van der Waals surface area contributed by atoms with E-state index in [2.05, 4.69) is 0 Å². The van der Waals surface area contributed by atoms with Gasteiger partial charge in [0.15, 0.2) is 11.5 Å². The summed E-state index contributed by atoms with van der Waals surface area (Å²) in [6, 6.07) is 12.4. The minimum Gasteiger partial charge on any atom is -0.490 e. The van der Waals surface area contributed by atoms with Crippen LogP contribution in [0.2, 0.25) is 0 Å². The molecule has 0 aliphatic carbocycles. The summed E-state index contributed by atoms with van der Waals surface area (Å²) in [5, 5.41) is 9.35. The highest BCUT2D eigenvalue weighted by Gasteiger charge is 2.17. The van der Waals surface area contributed by atoms with Gasteiger partial charge >= 0.3 is 5.97 Å². The van der Waals surface area contributed by atoms with Crippen LogP contribution in [0.25, 0.3) is 11.1 Å². The number of rotatable bonds is 6.